The van der Waals surface area contributed by atoms with Gasteiger partial charge in [0.2, 0.25) is 0 Å². The van der Waals surface area contributed by atoms with Gasteiger partial charge in [-0.2, -0.15) is 0 Å². The van der Waals surface area contributed by atoms with Gasteiger partial charge in [-0.25, -0.2) is 0 Å². The van der Waals surface area contributed by atoms with E-state index in [2.05, 4.69) is 70.2 Å². The Hall–Kier alpha value is -1.32. The molecule has 0 saturated heterocycles. The Kier molecular flexibility index (Phi) is 5.21. The summed E-state index contributed by atoms with van der Waals surface area (Å²) in [6.07, 6.45) is 0.887. The van der Waals surface area contributed by atoms with E-state index in [1.165, 1.54) is 16.9 Å². The molecule has 0 fully saturated rings. The second-order valence-corrected chi connectivity index (χ2v) is 5.89. The average molecular weight is 333 g/mol. The Morgan fingerprint density at radius 1 is 1.10 bits per heavy atom. The number of para-hydroxylation sites is 1. The van der Waals surface area contributed by atoms with Crippen LogP contribution < -0.4 is 10.6 Å². The molecule has 2 nitrogen and oxygen atoms in total. The summed E-state index contributed by atoms with van der Waals surface area (Å²) in [6, 6.07) is 17.1. The first-order chi connectivity index (χ1) is 9.61. The van der Waals surface area contributed by atoms with E-state index in [1.807, 2.05) is 13.0 Å². The average Bonchev–Trinajstić information content (AvgIpc) is 2.43. The Morgan fingerprint density at radius 3 is 2.35 bits per heavy atom. The van der Waals surface area contributed by atoms with Gasteiger partial charge < -0.3 is 10.6 Å². The van der Waals surface area contributed by atoms with Gasteiger partial charge in [-0.3, -0.25) is 0 Å². The quantitative estimate of drug-likeness (QED) is 0.873. The third-order valence-corrected chi connectivity index (χ3v) is 4.01. The fraction of sp³-hybridized carbons (Fsp3) is 0.294. The van der Waals surface area contributed by atoms with Crippen molar-refractivity contribution in [3.63, 3.8) is 0 Å². The van der Waals surface area contributed by atoms with E-state index in [0.717, 1.165) is 17.4 Å². The van der Waals surface area contributed by atoms with E-state index >= 15 is 0 Å². The maximum atomic E-state index is 5.88. The van der Waals surface area contributed by atoms with E-state index in [9.17, 15) is 0 Å². The number of benzene rings is 2. The first kappa shape index (κ1) is 15.1. The normalized spacial score (nSPS) is 12.2. The highest BCUT2D eigenvalue weighted by Gasteiger charge is 2.10. The molecule has 0 bridgehead atoms. The Bertz CT molecular complexity index is 552. The van der Waals surface area contributed by atoms with E-state index in [4.69, 9.17) is 5.73 Å². The number of nitrogens with two attached hydrogens (primary N) is 1. The molecule has 0 amide bonds. The van der Waals surface area contributed by atoms with Crippen LogP contribution in [0, 0.1) is 0 Å². The SMILES string of the molecule is CCN(c1ccccc1)c1ccc(CC(C)N)c(Br)c1. The van der Waals surface area contributed by atoms with Crippen LogP contribution in [-0.2, 0) is 6.42 Å². The summed E-state index contributed by atoms with van der Waals surface area (Å²) in [5.74, 6) is 0. The Morgan fingerprint density at radius 2 is 1.80 bits per heavy atom. The molecule has 2 N–H and O–H groups in total. The van der Waals surface area contributed by atoms with Crippen LogP contribution in [0.4, 0.5) is 11.4 Å². The molecule has 0 heterocycles. The number of anilines is 2. The van der Waals surface area contributed by atoms with Crippen molar-refractivity contribution in [3.8, 4) is 0 Å². The number of hydrogen-bond donors (Lipinski definition) is 1. The van der Waals surface area contributed by atoms with Crippen molar-refractivity contribution in [1.82, 2.24) is 0 Å². The van der Waals surface area contributed by atoms with Crippen molar-refractivity contribution >= 4 is 27.3 Å². The molecule has 1 unspecified atom stereocenters. The van der Waals surface area contributed by atoms with E-state index < -0.39 is 0 Å². The summed E-state index contributed by atoms with van der Waals surface area (Å²) in [4.78, 5) is 2.29. The van der Waals surface area contributed by atoms with Crippen LogP contribution >= 0.6 is 15.9 Å². The monoisotopic (exact) mass is 332 g/mol. The van der Waals surface area contributed by atoms with Gasteiger partial charge in [0.15, 0.2) is 0 Å². The lowest BCUT2D eigenvalue weighted by molar-refractivity contribution is 0.736. The highest BCUT2D eigenvalue weighted by atomic mass is 79.9. The van der Waals surface area contributed by atoms with Gasteiger partial charge in [0, 0.05) is 28.4 Å². The first-order valence-electron chi connectivity index (χ1n) is 6.98. The lowest BCUT2D eigenvalue weighted by Crippen LogP contribution is -2.19. The van der Waals surface area contributed by atoms with Crippen LogP contribution in [0.2, 0.25) is 0 Å². The van der Waals surface area contributed by atoms with Gasteiger partial charge in [-0.15, -0.1) is 0 Å². The largest absolute Gasteiger partial charge is 0.342 e. The van der Waals surface area contributed by atoms with Crippen molar-refractivity contribution in [2.24, 2.45) is 5.73 Å². The van der Waals surface area contributed by atoms with Gasteiger partial charge in [0.05, 0.1) is 0 Å². The standard InChI is InChI=1S/C17H21BrN2/c1-3-20(15-7-5-4-6-8-15)16-10-9-14(11-13(2)19)17(18)12-16/h4-10,12-13H,3,11,19H2,1-2H3. The highest BCUT2D eigenvalue weighted by molar-refractivity contribution is 9.10. The van der Waals surface area contributed by atoms with Crippen molar-refractivity contribution in [2.45, 2.75) is 26.3 Å². The summed E-state index contributed by atoms with van der Waals surface area (Å²) in [7, 11) is 0. The summed E-state index contributed by atoms with van der Waals surface area (Å²) in [5, 5.41) is 0. The Balaban J connectivity index is 2.30. The van der Waals surface area contributed by atoms with Gasteiger partial charge in [0.25, 0.3) is 0 Å². The predicted octanol–water partition coefficient (Wildman–Crippen LogP) is 4.50. The molecule has 0 aliphatic carbocycles. The van der Waals surface area contributed by atoms with Crippen LogP contribution in [0.15, 0.2) is 53.0 Å². The van der Waals surface area contributed by atoms with E-state index in [-0.39, 0.29) is 6.04 Å². The molecular weight excluding hydrogens is 312 g/mol. The zero-order chi connectivity index (χ0) is 14.5. The molecule has 2 aromatic carbocycles. The zero-order valence-electron chi connectivity index (χ0n) is 12.0. The van der Waals surface area contributed by atoms with Crippen molar-refractivity contribution in [1.29, 1.82) is 0 Å². The second-order valence-electron chi connectivity index (χ2n) is 5.04. The molecular formula is C17H21BrN2. The van der Waals surface area contributed by atoms with Crippen LogP contribution in [0.5, 0.6) is 0 Å². The van der Waals surface area contributed by atoms with Gasteiger partial charge in [-0.1, -0.05) is 40.2 Å². The first-order valence-corrected chi connectivity index (χ1v) is 7.77. The van der Waals surface area contributed by atoms with Gasteiger partial charge in [-0.05, 0) is 50.1 Å². The maximum Gasteiger partial charge on any atom is 0.0422 e. The minimum absolute atomic E-state index is 0.175. The molecule has 0 spiro atoms. The molecule has 20 heavy (non-hydrogen) atoms. The Labute approximate surface area is 129 Å². The molecule has 106 valence electrons. The maximum absolute atomic E-state index is 5.88. The molecule has 3 heteroatoms. The topological polar surface area (TPSA) is 29.3 Å². The van der Waals surface area contributed by atoms with Gasteiger partial charge >= 0.3 is 0 Å². The van der Waals surface area contributed by atoms with Crippen molar-refractivity contribution in [2.75, 3.05) is 11.4 Å². The molecule has 0 saturated carbocycles. The van der Waals surface area contributed by atoms with E-state index in [1.54, 1.807) is 0 Å². The summed E-state index contributed by atoms with van der Waals surface area (Å²) < 4.78 is 1.13. The molecule has 1 atom stereocenters. The number of hydrogen-bond acceptors (Lipinski definition) is 2. The fourth-order valence-corrected chi connectivity index (χ4v) is 2.87. The summed E-state index contributed by atoms with van der Waals surface area (Å²) >= 11 is 3.66. The molecule has 0 aromatic heterocycles. The highest BCUT2D eigenvalue weighted by Crippen LogP contribution is 2.29. The van der Waals surface area contributed by atoms with Crippen molar-refractivity contribution < 1.29 is 0 Å². The third kappa shape index (κ3) is 3.62. The lowest BCUT2D eigenvalue weighted by atomic mass is 10.1. The predicted molar refractivity (Wildman–Crippen MR) is 90.6 cm³/mol. The van der Waals surface area contributed by atoms with E-state index in [0.29, 0.717) is 0 Å². The molecule has 2 rings (SSSR count). The number of halogens is 1. The molecule has 2 aromatic rings. The number of rotatable bonds is 5. The van der Waals surface area contributed by atoms with Crippen LogP contribution in [0.1, 0.15) is 19.4 Å². The van der Waals surface area contributed by atoms with Crippen LogP contribution in [-0.4, -0.2) is 12.6 Å². The molecule has 0 radical (unpaired) electrons. The third-order valence-electron chi connectivity index (χ3n) is 3.27. The minimum atomic E-state index is 0.175. The van der Waals surface area contributed by atoms with Crippen LogP contribution in [0.3, 0.4) is 0 Å². The summed E-state index contributed by atoms with van der Waals surface area (Å²) in [5.41, 5.74) is 9.54. The van der Waals surface area contributed by atoms with Crippen molar-refractivity contribution in [3.05, 3.63) is 58.6 Å². The van der Waals surface area contributed by atoms with Crippen LogP contribution in [0.25, 0.3) is 0 Å². The summed E-state index contributed by atoms with van der Waals surface area (Å²) in [6.45, 7) is 5.13. The minimum Gasteiger partial charge on any atom is -0.342 e. The lowest BCUT2D eigenvalue weighted by Gasteiger charge is -2.24. The zero-order valence-corrected chi connectivity index (χ0v) is 13.6. The van der Waals surface area contributed by atoms with Gasteiger partial charge in [0.1, 0.15) is 0 Å². The number of nitrogens with zero attached hydrogens (tertiary/aromatic N) is 1. The second kappa shape index (κ2) is 6.91. The molecule has 0 aliphatic heterocycles. The smallest absolute Gasteiger partial charge is 0.0422 e. The fourth-order valence-electron chi connectivity index (χ4n) is 2.34. The molecule has 0 aliphatic rings.